The topological polar surface area (TPSA) is 66.4 Å². The first-order valence-corrected chi connectivity index (χ1v) is 6.81. The fourth-order valence-electron chi connectivity index (χ4n) is 1.64. The van der Waals surface area contributed by atoms with E-state index in [1.165, 1.54) is 30.3 Å². The lowest BCUT2D eigenvalue weighted by Gasteiger charge is -2.08. The maximum Gasteiger partial charge on any atom is 0.337 e. The van der Waals surface area contributed by atoms with E-state index < -0.39 is 11.9 Å². The zero-order valence-corrected chi connectivity index (χ0v) is 12.6. The van der Waals surface area contributed by atoms with E-state index in [1.54, 1.807) is 6.07 Å². The van der Waals surface area contributed by atoms with E-state index in [0.717, 1.165) is 0 Å². The molecule has 0 spiro atoms. The number of carbonyl (C=O) groups excluding carboxylic acids is 1. The molecule has 108 valence electrons. The summed E-state index contributed by atoms with van der Waals surface area (Å²) in [5.74, 6) is -1.59. The van der Waals surface area contributed by atoms with Gasteiger partial charge in [0.1, 0.15) is 0 Å². The molecule has 0 fully saturated rings. The summed E-state index contributed by atoms with van der Waals surface area (Å²) in [7, 11) is 0. The second kappa shape index (κ2) is 6.35. The standard InChI is InChI=1S/C14H8Cl3NO3/c15-7-1-3-9(11(16)5-7)13(19)18-8-2-4-10(14(20)21)12(17)6-8/h1-6H,(H,18,19)(H,20,21). The molecule has 0 aliphatic carbocycles. The van der Waals surface area contributed by atoms with Crippen LogP contribution in [-0.4, -0.2) is 17.0 Å². The molecule has 0 aliphatic heterocycles. The number of aromatic carboxylic acids is 1. The molecule has 2 rings (SSSR count). The SMILES string of the molecule is O=C(O)c1ccc(NC(=O)c2ccc(Cl)cc2Cl)cc1Cl. The molecule has 0 bridgehead atoms. The Hall–Kier alpha value is -1.75. The van der Waals surface area contributed by atoms with E-state index >= 15 is 0 Å². The number of anilines is 1. The van der Waals surface area contributed by atoms with Crippen LogP contribution in [0.15, 0.2) is 36.4 Å². The Balaban J connectivity index is 2.23. The van der Waals surface area contributed by atoms with Crippen molar-refractivity contribution in [1.82, 2.24) is 0 Å². The first-order valence-electron chi connectivity index (χ1n) is 5.67. The van der Waals surface area contributed by atoms with Crippen LogP contribution in [0.1, 0.15) is 20.7 Å². The van der Waals surface area contributed by atoms with Crippen LogP contribution in [-0.2, 0) is 0 Å². The van der Waals surface area contributed by atoms with Gasteiger partial charge in [-0.1, -0.05) is 34.8 Å². The smallest absolute Gasteiger partial charge is 0.337 e. The van der Waals surface area contributed by atoms with E-state index in [0.29, 0.717) is 10.7 Å². The van der Waals surface area contributed by atoms with Crippen molar-refractivity contribution < 1.29 is 14.7 Å². The van der Waals surface area contributed by atoms with Gasteiger partial charge >= 0.3 is 5.97 Å². The lowest BCUT2D eigenvalue weighted by atomic mass is 10.2. The molecule has 2 N–H and O–H groups in total. The highest BCUT2D eigenvalue weighted by Gasteiger charge is 2.13. The quantitative estimate of drug-likeness (QED) is 0.855. The molecule has 0 heterocycles. The Morgan fingerprint density at radius 3 is 2.10 bits per heavy atom. The molecule has 2 aromatic rings. The lowest BCUT2D eigenvalue weighted by Crippen LogP contribution is -2.12. The predicted octanol–water partition coefficient (Wildman–Crippen LogP) is 4.60. The van der Waals surface area contributed by atoms with Crippen LogP contribution >= 0.6 is 34.8 Å². The molecule has 0 saturated heterocycles. The Bertz CT molecular complexity index is 731. The molecule has 0 aliphatic rings. The van der Waals surface area contributed by atoms with E-state index in [1.807, 2.05) is 0 Å². The number of amides is 1. The van der Waals surface area contributed by atoms with Crippen LogP contribution in [0.3, 0.4) is 0 Å². The van der Waals surface area contributed by atoms with E-state index in [9.17, 15) is 9.59 Å². The third-order valence-electron chi connectivity index (χ3n) is 2.63. The Morgan fingerprint density at radius 2 is 1.52 bits per heavy atom. The van der Waals surface area contributed by atoms with Gasteiger partial charge in [0.25, 0.3) is 5.91 Å². The fourth-order valence-corrected chi connectivity index (χ4v) is 2.39. The minimum absolute atomic E-state index is 0.0301. The van der Waals surface area contributed by atoms with Gasteiger partial charge in [-0.05, 0) is 36.4 Å². The maximum absolute atomic E-state index is 12.1. The fraction of sp³-hybridized carbons (Fsp3) is 0. The molecule has 4 nitrogen and oxygen atoms in total. The third kappa shape index (κ3) is 3.67. The second-order valence-corrected chi connectivity index (χ2v) is 5.33. The summed E-state index contributed by atoms with van der Waals surface area (Å²) in [6.07, 6.45) is 0. The number of nitrogens with one attached hydrogen (secondary N) is 1. The number of carboxylic acid groups (broad SMARTS) is 1. The van der Waals surface area contributed by atoms with Crippen molar-refractivity contribution in [2.24, 2.45) is 0 Å². The largest absolute Gasteiger partial charge is 0.478 e. The summed E-state index contributed by atoms with van der Waals surface area (Å²) in [6, 6.07) is 8.60. The van der Waals surface area contributed by atoms with Gasteiger partial charge in [0.05, 0.1) is 21.2 Å². The van der Waals surface area contributed by atoms with E-state index in [-0.39, 0.29) is 21.2 Å². The zero-order chi connectivity index (χ0) is 15.6. The van der Waals surface area contributed by atoms with Crippen molar-refractivity contribution >= 4 is 52.4 Å². The average molecular weight is 345 g/mol. The van der Waals surface area contributed by atoms with Crippen molar-refractivity contribution in [3.05, 3.63) is 62.6 Å². The van der Waals surface area contributed by atoms with Crippen LogP contribution in [0, 0.1) is 0 Å². The van der Waals surface area contributed by atoms with Gasteiger partial charge in [-0.25, -0.2) is 4.79 Å². The molecule has 21 heavy (non-hydrogen) atoms. The highest BCUT2D eigenvalue weighted by atomic mass is 35.5. The van der Waals surface area contributed by atoms with Gasteiger partial charge in [-0.15, -0.1) is 0 Å². The normalized spacial score (nSPS) is 10.2. The number of rotatable bonds is 3. The first-order chi connectivity index (χ1) is 9.88. The van der Waals surface area contributed by atoms with Crippen molar-refractivity contribution in [3.8, 4) is 0 Å². The number of benzene rings is 2. The molecule has 0 aromatic heterocycles. The molecular formula is C14H8Cl3NO3. The minimum atomic E-state index is -1.14. The van der Waals surface area contributed by atoms with Crippen LogP contribution in [0.2, 0.25) is 15.1 Å². The Morgan fingerprint density at radius 1 is 0.905 bits per heavy atom. The molecule has 0 radical (unpaired) electrons. The van der Waals surface area contributed by atoms with Gasteiger partial charge in [0.2, 0.25) is 0 Å². The highest BCUT2D eigenvalue weighted by Crippen LogP contribution is 2.24. The summed E-state index contributed by atoms with van der Waals surface area (Å²) in [5, 5.41) is 12.1. The Kier molecular flexibility index (Phi) is 4.73. The summed E-state index contributed by atoms with van der Waals surface area (Å²) in [4.78, 5) is 22.9. The summed E-state index contributed by atoms with van der Waals surface area (Å²) in [6.45, 7) is 0. The van der Waals surface area contributed by atoms with Gasteiger partial charge in [-0.2, -0.15) is 0 Å². The molecule has 1 amide bonds. The molecule has 0 atom stereocenters. The molecule has 2 aromatic carbocycles. The summed E-state index contributed by atoms with van der Waals surface area (Å²) in [5.41, 5.74) is 0.569. The number of carboxylic acids is 1. The van der Waals surface area contributed by atoms with Gasteiger partial charge in [0.15, 0.2) is 0 Å². The number of halogens is 3. The summed E-state index contributed by atoms with van der Waals surface area (Å²) >= 11 is 17.5. The number of carbonyl (C=O) groups is 2. The zero-order valence-electron chi connectivity index (χ0n) is 10.4. The molecule has 0 saturated carbocycles. The van der Waals surface area contributed by atoms with Crippen molar-refractivity contribution in [2.45, 2.75) is 0 Å². The predicted molar refractivity (Wildman–Crippen MR) is 82.8 cm³/mol. The van der Waals surface area contributed by atoms with Gasteiger partial charge in [0, 0.05) is 10.7 Å². The van der Waals surface area contributed by atoms with Crippen LogP contribution in [0.4, 0.5) is 5.69 Å². The van der Waals surface area contributed by atoms with Crippen molar-refractivity contribution in [2.75, 3.05) is 5.32 Å². The molecule has 7 heteroatoms. The van der Waals surface area contributed by atoms with E-state index in [4.69, 9.17) is 39.9 Å². The third-order valence-corrected chi connectivity index (χ3v) is 3.49. The first kappa shape index (κ1) is 15.6. The summed E-state index contributed by atoms with van der Waals surface area (Å²) < 4.78 is 0. The Labute approximate surface area is 135 Å². The van der Waals surface area contributed by atoms with Crippen LogP contribution in [0.25, 0.3) is 0 Å². The maximum atomic E-state index is 12.1. The number of hydrogen-bond donors (Lipinski definition) is 2. The van der Waals surface area contributed by atoms with Crippen molar-refractivity contribution in [1.29, 1.82) is 0 Å². The average Bonchev–Trinajstić information content (AvgIpc) is 2.37. The minimum Gasteiger partial charge on any atom is -0.478 e. The van der Waals surface area contributed by atoms with Crippen molar-refractivity contribution in [3.63, 3.8) is 0 Å². The van der Waals surface area contributed by atoms with Crippen LogP contribution < -0.4 is 5.32 Å². The van der Waals surface area contributed by atoms with Crippen LogP contribution in [0.5, 0.6) is 0 Å². The second-order valence-electron chi connectivity index (χ2n) is 4.08. The molecular weight excluding hydrogens is 337 g/mol. The lowest BCUT2D eigenvalue weighted by molar-refractivity contribution is 0.0697. The highest BCUT2D eigenvalue weighted by molar-refractivity contribution is 6.37. The van der Waals surface area contributed by atoms with Gasteiger partial charge < -0.3 is 10.4 Å². The monoisotopic (exact) mass is 343 g/mol. The number of hydrogen-bond acceptors (Lipinski definition) is 2. The van der Waals surface area contributed by atoms with E-state index in [2.05, 4.69) is 5.32 Å². The molecule has 0 unspecified atom stereocenters. The van der Waals surface area contributed by atoms with Gasteiger partial charge in [-0.3, -0.25) is 4.79 Å².